The van der Waals surface area contributed by atoms with Gasteiger partial charge < -0.3 is 25.6 Å². The van der Waals surface area contributed by atoms with Crippen LogP contribution in [0.5, 0.6) is 0 Å². The van der Waals surface area contributed by atoms with Gasteiger partial charge in [0.2, 0.25) is 6.29 Å². The highest BCUT2D eigenvalue weighted by Crippen LogP contribution is 2.39. The molecule has 2 aromatic rings. The molecule has 154 valence electrons. The monoisotopic (exact) mass is 396 g/mol. The number of para-hydroxylation sites is 2. The third-order valence-electron chi connectivity index (χ3n) is 5.03. The van der Waals surface area contributed by atoms with Crippen LogP contribution in [0.15, 0.2) is 66.4 Å². The fraction of sp³-hybridized carbons (Fsp3) is 0.348. The molecule has 1 aliphatic rings. The minimum Gasteiger partial charge on any atom is -0.459 e. The molecule has 1 amide bonds. The molecule has 0 spiro atoms. The number of carbonyl (C=O) groups is 1. The Bertz CT molecular complexity index is 838. The molecule has 0 bridgehead atoms. The Kier molecular flexibility index (Phi) is 7.27. The molecule has 1 heterocycles. The second-order valence-electron chi connectivity index (χ2n) is 6.98. The normalized spacial score (nSPS) is 21.2. The summed E-state index contributed by atoms with van der Waals surface area (Å²) in [5.41, 5.74) is 8.04. The van der Waals surface area contributed by atoms with E-state index in [1.165, 1.54) is 0 Å². The highest BCUT2D eigenvalue weighted by atomic mass is 16.7. The largest absolute Gasteiger partial charge is 0.459 e. The van der Waals surface area contributed by atoms with Crippen LogP contribution in [0.1, 0.15) is 31.2 Å². The van der Waals surface area contributed by atoms with Crippen molar-refractivity contribution in [3.63, 3.8) is 0 Å². The molecule has 2 aromatic carbocycles. The van der Waals surface area contributed by atoms with E-state index in [-0.39, 0.29) is 30.1 Å². The van der Waals surface area contributed by atoms with E-state index in [2.05, 4.69) is 5.32 Å². The summed E-state index contributed by atoms with van der Waals surface area (Å²) in [7, 11) is 0. The number of carbonyl (C=O) groups excluding carboxylic acids is 1. The van der Waals surface area contributed by atoms with Crippen LogP contribution in [0.3, 0.4) is 0 Å². The number of anilines is 2. The average molecular weight is 396 g/mol. The summed E-state index contributed by atoms with van der Waals surface area (Å²) in [5, 5.41) is 12.1. The van der Waals surface area contributed by atoms with Crippen molar-refractivity contribution in [3.05, 3.63) is 72.0 Å². The molecular formula is C23H28N2O4. The SMILES string of the molecule is CCOC1OC(C(=O)Nc2ccccc2N)=CC(c2ccccc2)C1CCCO. The van der Waals surface area contributed by atoms with Crippen molar-refractivity contribution in [2.45, 2.75) is 32.0 Å². The van der Waals surface area contributed by atoms with Crippen molar-refractivity contribution in [2.24, 2.45) is 5.92 Å². The second kappa shape index (κ2) is 10.1. The Morgan fingerprint density at radius 1 is 1.17 bits per heavy atom. The van der Waals surface area contributed by atoms with Gasteiger partial charge in [-0.15, -0.1) is 0 Å². The van der Waals surface area contributed by atoms with Crippen molar-refractivity contribution >= 4 is 17.3 Å². The van der Waals surface area contributed by atoms with Gasteiger partial charge in [-0.1, -0.05) is 42.5 Å². The lowest BCUT2D eigenvalue weighted by Crippen LogP contribution is -2.37. The van der Waals surface area contributed by atoms with Gasteiger partial charge in [-0.2, -0.15) is 0 Å². The molecular weight excluding hydrogens is 368 g/mol. The lowest BCUT2D eigenvalue weighted by atomic mass is 9.80. The number of aliphatic hydroxyl groups is 1. The number of nitrogens with one attached hydrogen (secondary N) is 1. The third-order valence-corrected chi connectivity index (χ3v) is 5.03. The van der Waals surface area contributed by atoms with E-state index in [1.807, 2.05) is 55.5 Å². The molecule has 0 fully saturated rings. The van der Waals surface area contributed by atoms with E-state index in [9.17, 15) is 9.90 Å². The number of nitrogens with two attached hydrogens (primary N) is 1. The van der Waals surface area contributed by atoms with Gasteiger partial charge in [0, 0.05) is 25.0 Å². The number of benzene rings is 2. The Morgan fingerprint density at radius 2 is 1.90 bits per heavy atom. The van der Waals surface area contributed by atoms with Crippen LogP contribution >= 0.6 is 0 Å². The highest BCUT2D eigenvalue weighted by Gasteiger charge is 2.37. The van der Waals surface area contributed by atoms with Crippen LogP contribution in [-0.4, -0.2) is 30.5 Å². The quantitative estimate of drug-likeness (QED) is 0.592. The van der Waals surface area contributed by atoms with E-state index in [4.69, 9.17) is 15.2 Å². The molecule has 1 aliphatic heterocycles. The number of aliphatic hydroxyl groups excluding tert-OH is 1. The van der Waals surface area contributed by atoms with Crippen LogP contribution in [0, 0.1) is 5.92 Å². The second-order valence-corrected chi connectivity index (χ2v) is 6.98. The van der Waals surface area contributed by atoms with Crippen LogP contribution in [0.25, 0.3) is 0 Å². The van der Waals surface area contributed by atoms with Gasteiger partial charge in [0.15, 0.2) is 5.76 Å². The topological polar surface area (TPSA) is 93.8 Å². The summed E-state index contributed by atoms with van der Waals surface area (Å²) < 4.78 is 11.8. The number of hydrogen-bond donors (Lipinski definition) is 3. The summed E-state index contributed by atoms with van der Waals surface area (Å²) in [4.78, 5) is 12.9. The molecule has 0 radical (unpaired) electrons. The predicted octanol–water partition coefficient (Wildman–Crippen LogP) is 3.66. The highest BCUT2D eigenvalue weighted by molar-refractivity contribution is 6.04. The standard InChI is InChI=1S/C23H28N2O4/c1-2-28-23-17(11-8-14-26)18(16-9-4-3-5-10-16)15-21(29-23)22(27)25-20-13-7-6-12-19(20)24/h3-7,9-10,12-13,15,17-18,23,26H,2,8,11,14,24H2,1H3,(H,25,27). The van der Waals surface area contributed by atoms with E-state index in [0.29, 0.717) is 24.4 Å². The summed E-state index contributed by atoms with van der Waals surface area (Å²) >= 11 is 0. The minimum atomic E-state index is -0.573. The molecule has 3 atom stereocenters. The third kappa shape index (κ3) is 5.16. The first-order valence-corrected chi connectivity index (χ1v) is 9.95. The Hall–Kier alpha value is -2.83. The van der Waals surface area contributed by atoms with E-state index >= 15 is 0 Å². The Balaban J connectivity index is 1.92. The van der Waals surface area contributed by atoms with Crippen LogP contribution in [-0.2, 0) is 14.3 Å². The van der Waals surface area contributed by atoms with Gasteiger partial charge in [-0.25, -0.2) is 0 Å². The molecule has 4 N–H and O–H groups in total. The van der Waals surface area contributed by atoms with Gasteiger partial charge in [0.25, 0.3) is 5.91 Å². The molecule has 29 heavy (non-hydrogen) atoms. The molecule has 0 aliphatic carbocycles. The van der Waals surface area contributed by atoms with Crippen molar-refractivity contribution in [1.82, 2.24) is 0 Å². The van der Waals surface area contributed by atoms with Crippen molar-refractivity contribution in [1.29, 1.82) is 0 Å². The lowest BCUT2D eigenvalue weighted by molar-refractivity contribution is -0.165. The fourth-order valence-electron chi connectivity index (χ4n) is 3.61. The number of amides is 1. The Labute approximate surface area is 171 Å². The maximum atomic E-state index is 12.9. The lowest BCUT2D eigenvalue weighted by Gasteiger charge is -2.37. The van der Waals surface area contributed by atoms with Crippen molar-refractivity contribution < 1.29 is 19.4 Å². The number of nitrogen functional groups attached to an aromatic ring is 1. The minimum absolute atomic E-state index is 0.0113. The van der Waals surface area contributed by atoms with Gasteiger partial charge in [0.05, 0.1) is 11.4 Å². The zero-order valence-corrected chi connectivity index (χ0v) is 16.6. The Morgan fingerprint density at radius 3 is 2.59 bits per heavy atom. The van der Waals surface area contributed by atoms with Crippen LogP contribution in [0.4, 0.5) is 11.4 Å². The van der Waals surface area contributed by atoms with Gasteiger partial charge in [-0.05, 0) is 43.5 Å². The number of rotatable bonds is 8. The number of ether oxygens (including phenoxy) is 2. The maximum absolute atomic E-state index is 12.9. The van der Waals surface area contributed by atoms with E-state index < -0.39 is 6.29 Å². The van der Waals surface area contributed by atoms with Crippen LogP contribution in [0.2, 0.25) is 0 Å². The number of allylic oxidation sites excluding steroid dienone is 1. The first-order chi connectivity index (χ1) is 14.1. The van der Waals surface area contributed by atoms with Gasteiger partial charge in [0.1, 0.15) is 0 Å². The van der Waals surface area contributed by atoms with Gasteiger partial charge in [-0.3, -0.25) is 4.79 Å². The van der Waals surface area contributed by atoms with E-state index in [1.54, 1.807) is 12.1 Å². The predicted molar refractivity (Wildman–Crippen MR) is 113 cm³/mol. The molecule has 6 nitrogen and oxygen atoms in total. The van der Waals surface area contributed by atoms with Crippen LogP contribution < -0.4 is 11.1 Å². The molecule has 3 unspecified atom stereocenters. The van der Waals surface area contributed by atoms with E-state index in [0.717, 1.165) is 12.0 Å². The molecule has 0 saturated carbocycles. The zero-order chi connectivity index (χ0) is 20.6. The molecule has 0 aromatic heterocycles. The van der Waals surface area contributed by atoms with Gasteiger partial charge >= 0.3 is 0 Å². The smallest absolute Gasteiger partial charge is 0.290 e. The molecule has 0 saturated heterocycles. The zero-order valence-electron chi connectivity index (χ0n) is 16.6. The van der Waals surface area contributed by atoms with Crippen molar-refractivity contribution in [3.8, 4) is 0 Å². The summed E-state index contributed by atoms with van der Waals surface area (Å²) in [6.07, 6.45) is 2.63. The first-order valence-electron chi connectivity index (χ1n) is 9.95. The summed E-state index contributed by atoms with van der Waals surface area (Å²) in [5.74, 6) is -0.236. The first kappa shape index (κ1) is 20.9. The maximum Gasteiger partial charge on any atom is 0.290 e. The average Bonchev–Trinajstić information content (AvgIpc) is 2.74. The molecule has 6 heteroatoms. The number of hydrogen-bond acceptors (Lipinski definition) is 5. The summed E-state index contributed by atoms with van der Waals surface area (Å²) in [6.45, 7) is 2.45. The summed E-state index contributed by atoms with van der Waals surface area (Å²) in [6, 6.07) is 17.1. The molecule has 3 rings (SSSR count). The fourth-order valence-corrected chi connectivity index (χ4v) is 3.61. The van der Waals surface area contributed by atoms with Crippen molar-refractivity contribution in [2.75, 3.05) is 24.3 Å².